The van der Waals surface area contributed by atoms with E-state index in [4.69, 9.17) is 9.97 Å². The number of hydrogen-bond acceptors (Lipinski definition) is 2. The zero-order valence-corrected chi connectivity index (χ0v) is 34.9. The van der Waals surface area contributed by atoms with Crippen LogP contribution in [0.3, 0.4) is 0 Å². The number of rotatable bonds is 7. The molecule has 0 radical (unpaired) electrons. The second-order valence-corrected chi connectivity index (χ2v) is 16.7. The SMILES string of the molecule is CC1C=c2c(n(-c3cccc(-c4ccc5c6ccccc6n(-c6ccccc6)c5c4)c3)c3cccc(-c4cccc(-c5cc(-c6ccccc6)nc(-c6ccccc6)n5)c4)c23)=CC1. The highest BCUT2D eigenvalue weighted by atomic mass is 15.0. The molecule has 1 aliphatic rings. The standard InChI is InChI=1S/C59H42N4/c1-39-30-33-55-51(34-39)58-48(44-21-13-22-45(35-44)53-38-52(40-16-5-2-6-17-40)60-59(61-53)41-18-7-3-8-19-41)27-15-29-56(58)63(55)47-25-14-20-42(36-47)43-31-32-50-49-26-11-12-28-54(49)62(57(50)37-43)46-23-9-4-10-24-46/h2-29,31-39H,30H2,1H3. The quantitative estimate of drug-likeness (QED) is 0.161. The van der Waals surface area contributed by atoms with Crippen LogP contribution < -0.4 is 10.6 Å². The van der Waals surface area contributed by atoms with Gasteiger partial charge in [0.25, 0.3) is 0 Å². The number of hydrogen-bond donors (Lipinski definition) is 0. The third-order valence-corrected chi connectivity index (χ3v) is 12.6. The minimum absolute atomic E-state index is 0.430. The lowest BCUT2D eigenvalue weighted by molar-refractivity contribution is 0.795. The van der Waals surface area contributed by atoms with E-state index in [9.17, 15) is 0 Å². The van der Waals surface area contributed by atoms with Crippen LogP contribution in [0.15, 0.2) is 206 Å². The van der Waals surface area contributed by atoms with Crippen molar-refractivity contribution in [3.05, 3.63) is 217 Å². The fourth-order valence-electron chi connectivity index (χ4n) is 9.67. The van der Waals surface area contributed by atoms with Gasteiger partial charge in [-0.2, -0.15) is 0 Å². The molecule has 11 aromatic rings. The van der Waals surface area contributed by atoms with Crippen LogP contribution in [0.4, 0.5) is 0 Å². The van der Waals surface area contributed by atoms with Crippen molar-refractivity contribution in [3.63, 3.8) is 0 Å². The number of para-hydroxylation sites is 2. The van der Waals surface area contributed by atoms with Crippen molar-refractivity contribution in [3.8, 4) is 67.5 Å². The Morgan fingerprint density at radius 2 is 1.03 bits per heavy atom. The lowest BCUT2D eigenvalue weighted by atomic mass is 9.95. The molecule has 0 saturated carbocycles. The van der Waals surface area contributed by atoms with E-state index in [1.807, 2.05) is 24.3 Å². The van der Waals surface area contributed by atoms with Gasteiger partial charge < -0.3 is 9.13 Å². The first-order valence-electron chi connectivity index (χ1n) is 21.8. The maximum Gasteiger partial charge on any atom is 0.160 e. The molecule has 4 heteroatoms. The molecule has 3 aromatic heterocycles. The van der Waals surface area contributed by atoms with Crippen molar-refractivity contribution in [2.45, 2.75) is 13.3 Å². The third kappa shape index (κ3) is 6.38. The first kappa shape index (κ1) is 36.7. The summed E-state index contributed by atoms with van der Waals surface area (Å²) >= 11 is 0. The van der Waals surface area contributed by atoms with E-state index >= 15 is 0 Å². The summed E-state index contributed by atoms with van der Waals surface area (Å²) in [7, 11) is 0. The Kier molecular flexibility index (Phi) is 8.82. The summed E-state index contributed by atoms with van der Waals surface area (Å²) in [5.41, 5.74) is 15.5. The smallest absolute Gasteiger partial charge is 0.160 e. The molecule has 0 bridgehead atoms. The van der Waals surface area contributed by atoms with Crippen LogP contribution in [0.2, 0.25) is 0 Å². The second kappa shape index (κ2) is 15.1. The molecular weight excluding hydrogens is 765 g/mol. The van der Waals surface area contributed by atoms with Gasteiger partial charge in [0.2, 0.25) is 0 Å². The fourth-order valence-corrected chi connectivity index (χ4v) is 9.67. The van der Waals surface area contributed by atoms with Gasteiger partial charge in [-0.15, -0.1) is 0 Å². The molecule has 3 heterocycles. The van der Waals surface area contributed by atoms with E-state index in [1.54, 1.807) is 0 Å². The topological polar surface area (TPSA) is 35.6 Å². The van der Waals surface area contributed by atoms with Crippen molar-refractivity contribution >= 4 is 44.9 Å². The first-order valence-corrected chi connectivity index (χ1v) is 21.8. The molecule has 63 heavy (non-hydrogen) atoms. The minimum Gasteiger partial charge on any atom is -0.310 e. The number of benzene rings is 8. The molecule has 0 N–H and O–H groups in total. The Bertz CT molecular complexity index is 3600. The molecule has 298 valence electrons. The normalized spacial score (nSPS) is 13.5. The molecular formula is C59H42N4. The van der Waals surface area contributed by atoms with Gasteiger partial charge in [0.1, 0.15) is 0 Å². The zero-order valence-electron chi connectivity index (χ0n) is 34.9. The molecule has 4 nitrogen and oxygen atoms in total. The number of fused-ring (bicyclic) bond motifs is 6. The highest BCUT2D eigenvalue weighted by Gasteiger charge is 2.19. The third-order valence-electron chi connectivity index (χ3n) is 12.6. The van der Waals surface area contributed by atoms with Crippen LogP contribution in [0.25, 0.3) is 112 Å². The summed E-state index contributed by atoms with van der Waals surface area (Å²) in [6.45, 7) is 2.32. The first-order chi connectivity index (χ1) is 31.1. The predicted octanol–water partition coefficient (Wildman–Crippen LogP) is 13.5. The Morgan fingerprint density at radius 3 is 1.86 bits per heavy atom. The van der Waals surface area contributed by atoms with Crippen molar-refractivity contribution in [1.82, 2.24) is 19.1 Å². The predicted molar refractivity (Wildman–Crippen MR) is 262 cm³/mol. The van der Waals surface area contributed by atoms with Crippen LogP contribution >= 0.6 is 0 Å². The molecule has 0 fully saturated rings. The van der Waals surface area contributed by atoms with Gasteiger partial charge in [0, 0.05) is 54.8 Å². The average molecular weight is 807 g/mol. The molecule has 0 spiro atoms. The van der Waals surface area contributed by atoms with Gasteiger partial charge >= 0.3 is 0 Å². The number of aromatic nitrogens is 4. The highest BCUT2D eigenvalue weighted by molar-refractivity contribution is 6.10. The van der Waals surface area contributed by atoms with Crippen LogP contribution in [-0.2, 0) is 0 Å². The maximum atomic E-state index is 5.17. The summed E-state index contributed by atoms with van der Waals surface area (Å²) in [4.78, 5) is 10.2. The summed E-state index contributed by atoms with van der Waals surface area (Å²) in [6, 6.07) is 73.8. The number of nitrogens with zero attached hydrogens (tertiary/aromatic N) is 4. The van der Waals surface area contributed by atoms with Gasteiger partial charge in [0.05, 0.1) is 27.9 Å². The van der Waals surface area contributed by atoms with E-state index in [1.165, 1.54) is 60.0 Å². The molecule has 12 rings (SSSR count). The van der Waals surface area contributed by atoms with Crippen LogP contribution in [0.1, 0.15) is 13.3 Å². The van der Waals surface area contributed by atoms with Gasteiger partial charge in [-0.1, -0.05) is 171 Å². The maximum absolute atomic E-state index is 5.17. The Morgan fingerprint density at radius 1 is 0.429 bits per heavy atom. The van der Waals surface area contributed by atoms with Crippen LogP contribution in [-0.4, -0.2) is 19.1 Å². The van der Waals surface area contributed by atoms with Gasteiger partial charge in [-0.3, -0.25) is 0 Å². The van der Waals surface area contributed by atoms with E-state index in [2.05, 4.69) is 210 Å². The van der Waals surface area contributed by atoms with Crippen molar-refractivity contribution < 1.29 is 0 Å². The minimum atomic E-state index is 0.430. The molecule has 0 aliphatic heterocycles. The van der Waals surface area contributed by atoms with E-state index in [0.29, 0.717) is 11.7 Å². The Hall–Kier alpha value is -8.08. The fraction of sp³-hybridized carbons (Fsp3) is 0.0508. The van der Waals surface area contributed by atoms with Gasteiger partial charge in [-0.25, -0.2) is 9.97 Å². The molecule has 8 aromatic carbocycles. The molecule has 1 atom stereocenters. The molecule has 1 aliphatic carbocycles. The molecule has 1 unspecified atom stereocenters. The van der Waals surface area contributed by atoms with Crippen molar-refractivity contribution in [1.29, 1.82) is 0 Å². The Balaban J connectivity index is 1.00. The van der Waals surface area contributed by atoms with Gasteiger partial charge in [-0.05, 0) is 89.2 Å². The summed E-state index contributed by atoms with van der Waals surface area (Å²) in [6.07, 6.45) is 5.91. The average Bonchev–Trinajstić information content (AvgIpc) is 3.87. The van der Waals surface area contributed by atoms with Crippen molar-refractivity contribution in [2.75, 3.05) is 0 Å². The zero-order chi connectivity index (χ0) is 41.9. The Labute approximate surface area is 366 Å². The van der Waals surface area contributed by atoms with Crippen LogP contribution in [0, 0.1) is 5.92 Å². The molecule has 0 saturated heterocycles. The lowest BCUT2D eigenvalue weighted by Gasteiger charge is -2.12. The van der Waals surface area contributed by atoms with E-state index < -0.39 is 0 Å². The monoisotopic (exact) mass is 806 g/mol. The van der Waals surface area contributed by atoms with E-state index in [0.717, 1.165) is 51.4 Å². The summed E-state index contributed by atoms with van der Waals surface area (Å²) in [5.74, 6) is 1.14. The largest absolute Gasteiger partial charge is 0.310 e. The highest BCUT2D eigenvalue weighted by Crippen LogP contribution is 2.37. The van der Waals surface area contributed by atoms with Crippen LogP contribution in [0.5, 0.6) is 0 Å². The van der Waals surface area contributed by atoms with Crippen molar-refractivity contribution in [2.24, 2.45) is 5.92 Å². The van der Waals surface area contributed by atoms with Gasteiger partial charge in [0.15, 0.2) is 5.82 Å². The van der Waals surface area contributed by atoms with E-state index in [-0.39, 0.29) is 0 Å². The molecule has 0 amide bonds. The summed E-state index contributed by atoms with van der Waals surface area (Å²) in [5, 5.41) is 6.33. The second-order valence-electron chi connectivity index (χ2n) is 16.7. The summed E-state index contributed by atoms with van der Waals surface area (Å²) < 4.78 is 4.87. The lowest BCUT2D eigenvalue weighted by Crippen LogP contribution is -2.31.